The molecule has 20 heavy (non-hydrogen) atoms. The van der Waals surface area contributed by atoms with Crippen LogP contribution < -0.4 is 4.72 Å². The van der Waals surface area contributed by atoms with Crippen LogP contribution in [-0.4, -0.2) is 26.0 Å². The molecule has 0 atom stereocenters. The molecule has 0 radical (unpaired) electrons. The fourth-order valence-electron chi connectivity index (χ4n) is 1.84. The second-order valence-electron chi connectivity index (χ2n) is 4.87. The fourth-order valence-corrected chi connectivity index (χ4v) is 2.94. The van der Waals surface area contributed by atoms with E-state index in [1.807, 2.05) is 0 Å². The minimum atomic E-state index is -3.52. The van der Waals surface area contributed by atoms with Gasteiger partial charge in [0.15, 0.2) is 0 Å². The fraction of sp³-hybridized carbons (Fsp3) is 0.357. The Balaban J connectivity index is 2.05. The Morgan fingerprint density at radius 2 is 2.15 bits per heavy atom. The van der Waals surface area contributed by atoms with Crippen molar-refractivity contribution in [1.29, 1.82) is 0 Å². The first-order valence-corrected chi connectivity index (χ1v) is 7.96. The van der Waals surface area contributed by atoms with Crippen molar-refractivity contribution in [3.8, 4) is 0 Å². The van der Waals surface area contributed by atoms with Crippen molar-refractivity contribution >= 4 is 22.1 Å². The third kappa shape index (κ3) is 4.47. The van der Waals surface area contributed by atoms with Crippen LogP contribution in [0.25, 0.3) is 6.08 Å². The lowest BCUT2D eigenvalue weighted by Gasteiger charge is -2.07. The van der Waals surface area contributed by atoms with Gasteiger partial charge < -0.3 is 5.11 Å². The smallest absolute Gasteiger partial charge is 0.328 e. The van der Waals surface area contributed by atoms with Gasteiger partial charge in [-0.25, -0.2) is 17.9 Å². The lowest BCUT2D eigenvalue weighted by atomic mass is 10.2. The summed E-state index contributed by atoms with van der Waals surface area (Å²) in [7, 11) is -3.52. The van der Waals surface area contributed by atoms with E-state index in [0.717, 1.165) is 12.5 Å². The maximum atomic E-state index is 12.1. The molecular weight excluding hydrogens is 278 g/mol. The minimum absolute atomic E-state index is 0.154. The summed E-state index contributed by atoms with van der Waals surface area (Å²) in [5.74, 6) is -0.400. The van der Waals surface area contributed by atoms with Crippen LogP contribution >= 0.6 is 0 Å². The first kappa shape index (κ1) is 14.7. The third-order valence-electron chi connectivity index (χ3n) is 3.13. The standard InChI is InChI=1S/C14H17NO4S/c16-14(17)7-6-12-2-1-3-13(10-12)20(18,19)15-9-8-11-4-5-11/h1-3,6-7,10-11,15H,4-5,8-9H2,(H,16,17). The second-order valence-corrected chi connectivity index (χ2v) is 6.64. The molecule has 0 saturated heterocycles. The molecule has 1 aromatic carbocycles. The zero-order chi connectivity index (χ0) is 14.6. The normalized spacial score (nSPS) is 15.6. The topological polar surface area (TPSA) is 83.5 Å². The number of aliphatic carboxylic acids is 1. The highest BCUT2D eigenvalue weighted by Crippen LogP contribution is 2.31. The van der Waals surface area contributed by atoms with Crippen molar-refractivity contribution in [1.82, 2.24) is 4.72 Å². The maximum absolute atomic E-state index is 12.1. The molecule has 0 aromatic heterocycles. The van der Waals surface area contributed by atoms with Crippen LogP contribution in [-0.2, 0) is 14.8 Å². The van der Waals surface area contributed by atoms with E-state index in [1.54, 1.807) is 12.1 Å². The molecule has 1 fully saturated rings. The van der Waals surface area contributed by atoms with Gasteiger partial charge in [-0.15, -0.1) is 0 Å². The molecule has 2 rings (SSSR count). The van der Waals surface area contributed by atoms with Crippen LogP contribution in [0.1, 0.15) is 24.8 Å². The summed E-state index contributed by atoms with van der Waals surface area (Å²) in [5, 5.41) is 8.56. The summed E-state index contributed by atoms with van der Waals surface area (Å²) in [6.07, 6.45) is 5.60. The SMILES string of the molecule is O=C(O)C=Cc1cccc(S(=O)(=O)NCCC2CC2)c1. The van der Waals surface area contributed by atoms with E-state index in [2.05, 4.69) is 4.72 Å². The van der Waals surface area contributed by atoms with Crippen LogP contribution in [0.2, 0.25) is 0 Å². The molecule has 0 aliphatic heterocycles. The molecule has 108 valence electrons. The summed E-state index contributed by atoms with van der Waals surface area (Å²) in [6.45, 7) is 0.447. The summed E-state index contributed by atoms with van der Waals surface area (Å²) < 4.78 is 26.7. The van der Waals surface area contributed by atoms with Crippen molar-refractivity contribution in [2.45, 2.75) is 24.2 Å². The number of rotatable bonds is 7. The Bertz CT molecular complexity index is 618. The molecule has 0 unspecified atom stereocenters. The molecule has 6 heteroatoms. The number of carbonyl (C=O) groups is 1. The molecule has 1 aliphatic carbocycles. The Hall–Kier alpha value is -1.66. The van der Waals surface area contributed by atoms with Gasteiger partial charge in [-0.05, 0) is 36.1 Å². The van der Waals surface area contributed by atoms with Crippen LogP contribution in [0.4, 0.5) is 0 Å². The molecule has 0 spiro atoms. The van der Waals surface area contributed by atoms with Gasteiger partial charge in [-0.1, -0.05) is 25.0 Å². The zero-order valence-electron chi connectivity index (χ0n) is 11.0. The van der Waals surface area contributed by atoms with Crippen LogP contribution in [0.5, 0.6) is 0 Å². The number of hydrogen-bond acceptors (Lipinski definition) is 3. The van der Waals surface area contributed by atoms with E-state index < -0.39 is 16.0 Å². The summed E-state index contributed by atoms with van der Waals surface area (Å²) >= 11 is 0. The molecule has 2 N–H and O–H groups in total. The first-order valence-electron chi connectivity index (χ1n) is 6.48. The highest BCUT2D eigenvalue weighted by molar-refractivity contribution is 7.89. The summed E-state index contributed by atoms with van der Waals surface area (Å²) in [6, 6.07) is 6.20. The Labute approximate surface area is 118 Å². The Morgan fingerprint density at radius 3 is 2.80 bits per heavy atom. The van der Waals surface area contributed by atoms with Gasteiger partial charge in [-0.3, -0.25) is 0 Å². The number of carboxylic acid groups (broad SMARTS) is 1. The number of nitrogens with one attached hydrogen (secondary N) is 1. The minimum Gasteiger partial charge on any atom is -0.478 e. The largest absolute Gasteiger partial charge is 0.478 e. The van der Waals surface area contributed by atoms with E-state index >= 15 is 0 Å². The van der Waals surface area contributed by atoms with Crippen molar-refractivity contribution in [3.63, 3.8) is 0 Å². The van der Waals surface area contributed by atoms with E-state index in [9.17, 15) is 13.2 Å². The molecule has 0 heterocycles. The first-order chi connectivity index (χ1) is 9.47. The van der Waals surface area contributed by atoms with Crippen LogP contribution in [0.15, 0.2) is 35.2 Å². The zero-order valence-corrected chi connectivity index (χ0v) is 11.8. The average molecular weight is 295 g/mol. The van der Waals surface area contributed by atoms with Gasteiger partial charge in [0, 0.05) is 12.6 Å². The van der Waals surface area contributed by atoms with Crippen molar-refractivity contribution in [3.05, 3.63) is 35.9 Å². The summed E-state index contributed by atoms with van der Waals surface area (Å²) in [4.78, 5) is 10.6. The van der Waals surface area contributed by atoms with Crippen LogP contribution in [0.3, 0.4) is 0 Å². The highest BCUT2D eigenvalue weighted by Gasteiger charge is 2.22. The highest BCUT2D eigenvalue weighted by atomic mass is 32.2. The predicted molar refractivity (Wildman–Crippen MR) is 75.6 cm³/mol. The average Bonchev–Trinajstić information content (AvgIpc) is 3.21. The van der Waals surface area contributed by atoms with Crippen molar-refractivity contribution in [2.75, 3.05) is 6.54 Å². The molecule has 5 nitrogen and oxygen atoms in total. The van der Waals surface area contributed by atoms with Gasteiger partial charge in [0.2, 0.25) is 10.0 Å². The third-order valence-corrected chi connectivity index (χ3v) is 4.59. The molecule has 0 bridgehead atoms. The maximum Gasteiger partial charge on any atom is 0.328 e. The monoisotopic (exact) mass is 295 g/mol. The second kappa shape index (κ2) is 6.19. The van der Waals surface area contributed by atoms with Crippen molar-refractivity contribution < 1.29 is 18.3 Å². The molecular formula is C14H17NO4S. The molecule has 0 amide bonds. The van der Waals surface area contributed by atoms with E-state index in [0.29, 0.717) is 18.0 Å². The van der Waals surface area contributed by atoms with Gasteiger partial charge in [0.25, 0.3) is 0 Å². The molecule has 1 aromatic rings. The van der Waals surface area contributed by atoms with Gasteiger partial charge in [0.05, 0.1) is 4.90 Å². The Kier molecular flexibility index (Phi) is 4.57. The van der Waals surface area contributed by atoms with E-state index in [-0.39, 0.29) is 4.90 Å². The van der Waals surface area contributed by atoms with Gasteiger partial charge in [-0.2, -0.15) is 0 Å². The van der Waals surface area contributed by atoms with Gasteiger partial charge in [0.1, 0.15) is 0 Å². The summed E-state index contributed by atoms with van der Waals surface area (Å²) in [5.41, 5.74) is 0.539. The van der Waals surface area contributed by atoms with Gasteiger partial charge >= 0.3 is 5.97 Å². The quantitative estimate of drug-likeness (QED) is 0.752. The van der Waals surface area contributed by atoms with Crippen molar-refractivity contribution in [2.24, 2.45) is 5.92 Å². The predicted octanol–water partition coefficient (Wildman–Crippen LogP) is 1.86. The molecule has 1 aliphatic rings. The van der Waals surface area contributed by atoms with E-state index in [4.69, 9.17) is 5.11 Å². The number of carboxylic acids is 1. The lowest BCUT2D eigenvalue weighted by molar-refractivity contribution is -0.131. The Morgan fingerprint density at radius 1 is 1.40 bits per heavy atom. The van der Waals surface area contributed by atoms with E-state index in [1.165, 1.54) is 31.1 Å². The number of hydrogen-bond donors (Lipinski definition) is 2. The lowest BCUT2D eigenvalue weighted by Crippen LogP contribution is -2.25. The van der Waals surface area contributed by atoms with Crippen LogP contribution in [0, 0.1) is 5.92 Å². The number of benzene rings is 1. The molecule has 1 saturated carbocycles. The number of sulfonamides is 1.